The maximum atomic E-state index is 12.4. The van der Waals surface area contributed by atoms with Gasteiger partial charge in [0, 0.05) is 0 Å². The minimum absolute atomic E-state index is 0.246. The van der Waals surface area contributed by atoms with Crippen LogP contribution in [0.25, 0.3) is 0 Å². The Balaban J connectivity index is 2.49. The summed E-state index contributed by atoms with van der Waals surface area (Å²) in [6.45, 7) is 3.74. The summed E-state index contributed by atoms with van der Waals surface area (Å²) in [6.07, 6.45) is 2.24. The number of halogens is 1. The molecule has 0 fully saturated rings. The third kappa shape index (κ3) is 3.23. The van der Waals surface area contributed by atoms with Gasteiger partial charge in [-0.05, 0) is 0 Å². The van der Waals surface area contributed by atoms with Crippen molar-refractivity contribution in [1.29, 1.82) is 0 Å². The van der Waals surface area contributed by atoms with Gasteiger partial charge in [0.25, 0.3) is 0 Å². The van der Waals surface area contributed by atoms with E-state index in [1.165, 1.54) is 0 Å². The van der Waals surface area contributed by atoms with Crippen LogP contribution in [-0.4, -0.2) is 5.97 Å². The van der Waals surface area contributed by atoms with Gasteiger partial charge in [-0.2, -0.15) is 0 Å². The summed E-state index contributed by atoms with van der Waals surface area (Å²) >= 11 is 4.29. The van der Waals surface area contributed by atoms with Gasteiger partial charge >= 0.3 is 175 Å². The molecule has 3 rings (SSSR count). The van der Waals surface area contributed by atoms with Gasteiger partial charge < -0.3 is 0 Å². The molecule has 3 aromatic rings. The number of ether oxygens (including phenoxy) is 1. The molecule has 0 saturated carbocycles. The molecule has 0 aliphatic carbocycles. The van der Waals surface area contributed by atoms with Gasteiger partial charge in [0.2, 0.25) is 0 Å². The third-order valence-corrected chi connectivity index (χ3v) is 14.6. The van der Waals surface area contributed by atoms with Crippen molar-refractivity contribution >= 4 is 42.7 Å². The first-order valence-electron chi connectivity index (χ1n) is 9.33. The molecule has 0 radical (unpaired) electrons. The average Bonchev–Trinajstić information content (AvgIpc) is 2.78. The Labute approximate surface area is 174 Å². The molecule has 0 spiro atoms. The Morgan fingerprint density at radius 2 is 1.18 bits per heavy atom. The molecule has 0 bridgehead atoms. The number of benzene rings is 3. The fourth-order valence-corrected chi connectivity index (χ4v) is 11.1. The van der Waals surface area contributed by atoms with E-state index in [9.17, 15) is 4.79 Å². The first kappa shape index (κ1) is 20.5. The third-order valence-electron chi connectivity index (χ3n) is 4.89. The second-order valence-electron chi connectivity index (χ2n) is 6.47. The van der Waals surface area contributed by atoms with Crippen LogP contribution < -0.4 is 15.9 Å². The van der Waals surface area contributed by atoms with Crippen molar-refractivity contribution in [3.05, 3.63) is 103 Å². The molecule has 2 nitrogen and oxygen atoms in total. The van der Waals surface area contributed by atoms with E-state index < -0.39 is 5.31 Å². The topological polar surface area (TPSA) is 26.3 Å². The number of rotatable bonds is 6. The Morgan fingerprint density at radius 3 is 1.46 bits per heavy atom. The first-order valence-corrected chi connectivity index (χ1v) is 13.6. The second kappa shape index (κ2) is 8.43. The van der Waals surface area contributed by atoms with Crippen LogP contribution in [0.4, 0.5) is 0 Å². The standard InChI is InChI=1S/C24H24BrO2P/c1-3-23(26)27-24(4-2)28(25,20-14-8-5-9-15-20,21-16-10-6-11-17-21)22-18-12-7-13-19-22/h4-19H,3H2,1-2H3/b24-4+. The first-order chi connectivity index (χ1) is 13.6. The zero-order chi connectivity index (χ0) is 20.1. The van der Waals surface area contributed by atoms with Crippen molar-refractivity contribution in [2.75, 3.05) is 0 Å². The molecule has 0 heterocycles. The van der Waals surface area contributed by atoms with Crippen molar-refractivity contribution < 1.29 is 9.53 Å². The zero-order valence-electron chi connectivity index (χ0n) is 16.1. The van der Waals surface area contributed by atoms with Crippen LogP contribution in [-0.2, 0) is 9.53 Å². The van der Waals surface area contributed by atoms with Crippen molar-refractivity contribution in [3.63, 3.8) is 0 Å². The summed E-state index contributed by atoms with van der Waals surface area (Å²) in [6, 6.07) is 30.8. The number of hydrogen-bond donors (Lipinski definition) is 0. The van der Waals surface area contributed by atoms with Crippen molar-refractivity contribution in [3.8, 4) is 0 Å². The fraction of sp³-hybridized carbons (Fsp3) is 0.125. The van der Waals surface area contributed by atoms with E-state index in [1.54, 1.807) is 0 Å². The molecule has 0 aliphatic rings. The summed E-state index contributed by atoms with van der Waals surface area (Å²) in [4.78, 5) is 12.4. The van der Waals surface area contributed by atoms with E-state index in [0.29, 0.717) is 11.9 Å². The van der Waals surface area contributed by atoms with Crippen LogP contribution in [0.2, 0.25) is 0 Å². The Morgan fingerprint density at radius 1 is 0.821 bits per heavy atom. The maximum absolute atomic E-state index is 12.4. The number of carbonyl (C=O) groups is 1. The number of hydrogen-bond acceptors (Lipinski definition) is 2. The van der Waals surface area contributed by atoms with Crippen molar-refractivity contribution in [1.82, 2.24) is 0 Å². The van der Waals surface area contributed by atoms with Crippen LogP contribution in [0.1, 0.15) is 20.3 Å². The molecular formula is C24H24BrO2P. The van der Waals surface area contributed by atoms with Gasteiger partial charge in [-0.1, -0.05) is 0 Å². The van der Waals surface area contributed by atoms with Gasteiger partial charge in [0.05, 0.1) is 0 Å². The van der Waals surface area contributed by atoms with Gasteiger partial charge in [0.15, 0.2) is 0 Å². The van der Waals surface area contributed by atoms with E-state index in [2.05, 4.69) is 51.9 Å². The number of carbonyl (C=O) groups excluding carboxylic acids is 1. The van der Waals surface area contributed by atoms with Gasteiger partial charge in [-0.15, -0.1) is 0 Å². The van der Waals surface area contributed by atoms with Crippen LogP contribution in [0.5, 0.6) is 0 Å². The molecule has 0 aliphatic heterocycles. The van der Waals surface area contributed by atoms with Crippen molar-refractivity contribution in [2.24, 2.45) is 0 Å². The van der Waals surface area contributed by atoms with Gasteiger partial charge in [0.1, 0.15) is 0 Å². The summed E-state index contributed by atoms with van der Waals surface area (Å²) in [5.41, 5.74) is 0.654. The van der Waals surface area contributed by atoms with Gasteiger partial charge in [-0.3, -0.25) is 0 Å². The SMILES string of the molecule is C/C=C(\OC(=O)CC)P(Br)(c1ccccc1)(c1ccccc1)c1ccccc1. The minimum atomic E-state index is -3.42. The predicted molar refractivity (Wildman–Crippen MR) is 124 cm³/mol. The molecular weight excluding hydrogens is 431 g/mol. The van der Waals surface area contributed by atoms with E-state index in [0.717, 1.165) is 15.9 Å². The molecule has 0 amide bonds. The monoisotopic (exact) mass is 454 g/mol. The van der Waals surface area contributed by atoms with Gasteiger partial charge in [-0.25, -0.2) is 0 Å². The summed E-state index contributed by atoms with van der Waals surface area (Å²) < 4.78 is 6.01. The van der Waals surface area contributed by atoms with Crippen LogP contribution in [0.15, 0.2) is 103 Å². The predicted octanol–water partition coefficient (Wildman–Crippen LogP) is 5.64. The van der Waals surface area contributed by atoms with E-state index in [-0.39, 0.29) is 5.97 Å². The Hall–Kier alpha value is -2.22. The van der Waals surface area contributed by atoms with Crippen molar-refractivity contribution in [2.45, 2.75) is 20.3 Å². The molecule has 144 valence electrons. The molecule has 4 heteroatoms. The molecule has 0 atom stereocenters. The molecule has 3 aromatic carbocycles. The molecule has 0 unspecified atom stereocenters. The number of esters is 1. The normalized spacial score (nSPS) is 13.4. The Bertz CT molecular complexity index is 870. The van der Waals surface area contributed by atoms with E-state index in [1.807, 2.05) is 74.5 Å². The van der Waals surface area contributed by atoms with Crippen LogP contribution in [0.3, 0.4) is 0 Å². The van der Waals surface area contributed by atoms with Crippen LogP contribution >= 0.6 is 20.8 Å². The quantitative estimate of drug-likeness (QED) is 0.273. The molecule has 0 N–H and O–H groups in total. The molecule has 28 heavy (non-hydrogen) atoms. The summed E-state index contributed by atoms with van der Waals surface area (Å²) in [5, 5.41) is -0.163. The molecule has 0 saturated heterocycles. The fourth-order valence-electron chi connectivity index (χ4n) is 3.53. The summed E-state index contributed by atoms with van der Waals surface area (Å²) in [5.74, 6) is -0.246. The average molecular weight is 455 g/mol. The summed E-state index contributed by atoms with van der Waals surface area (Å²) in [7, 11) is 0. The second-order valence-corrected chi connectivity index (χ2v) is 14.7. The Kier molecular flexibility index (Phi) is 6.17. The molecule has 0 aromatic heterocycles. The van der Waals surface area contributed by atoms with E-state index in [4.69, 9.17) is 4.74 Å². The van der Waals surface area contributed by atoms with Crippen LogP contribution in [0, 0.1) is 0 Å². The zero-order valence-corrected chi connectivity index (χ0v) is 18.6. The van der Waals surface area contributed by atoms with E-state index >= 15 is 0 Å². The number of allylic oxidation sites excluding steroid dienone is 1.